The normalized spacial score (nSPS) is 9.23. The van der Waals surface area contributed by atoms with Gasteiger partial charge in [0, 0.05) is 17.4 Å². The zero-order valence-corrected chi connectivity index (χ0v) is 7.71. The van der Waals surface area contributed by atoms with Crippen molar-refractivity contribution in [2.75, 3.05) is 5.73 Å². The molecule has 2 rings (SSSR count). The van der Waals surface area contributed by atoms with Gasteiger partial charge in [-0.25, -0.2) is 0 Å². The summed E-state index contributed by atoms with van der Waals surface area (Å²) in [5, 5.41) is 6.72. The van der Waals surface area contributed by atoms with Gasteiger partial charge in [0.05, 0.1) is 5.69 Å². The van der Waals surface area contributed by atoms with Crippen molar-refractivity contribution in [3.8, 4) is 11.3 Å². The first-order valence-corrected chi connectivity index (χ1v) is 3.72. The number of anilines is 1. The van der Waals surface area contributed by atoms with Gasteiger partial charge in [-0.1, -0.05) is 18.2 Å². The van der Waals surface area contributed by atoms with Crippen LogP contribution in [0.3, 0.4) is 0 Å². The predicted octanol–water partition coefficient (Wildman–Crippen LogP) is 2.08. The summed E-state index contributed by atoms with van der Waals surface area (Å²) < 4.78 is 0. The number of hydrogen-bond acceptors (Lipinski definition) is 2. The van der Waals surface area contributed by atoms with Crippen LogP contribution in [0.1, 0.15) is 0 Å². The number of nitrogen functional groups attached to an aromatic ring is 1. The fourth-order valence-corrected chi connectivity index (χ4v) is 1.15. The van der Waals surface area contributed by atoms with Gasteiger partial charge in [0.25, 0.3) is 0 Å². The Morgan fingerprint density at radius 3 is 2.54 bits per heavy atom. The number of nitrogens with two attached hydrogens (primary N) is 1. The first kappa shape index (κ1) is 9.61. The highest BCUT2D eigenvalue weighted by atomic mass is 35.5. The van der Waals surface area contributed by atoms with E-state index in [0.717, 1.165) is 16.9 Å². The maximum atomic E-state index is 5.76. The van der Waals surface area contributed by atoms with Crippen molar-refractivity contribution in [2.45, 2.75) is 0 Å². The molecule has 1 aromatic carbocycles. The van der Waals surface area contributed by atoms with Gasteiger partial charge in [-0.05, 0) is 12.1 Å². The number of rotatable bonds is 1. The lowest BCUT2D eigenvalue weighted by Crippen LogP contribution is -1.88. The second-order valence-electron chi connectivity index (χ2n) is 2.56. The molecule has 0 radical (unpaired) electrons. The Kier molecular flexibility index (Phi) is 2.93. The second kappa shape index (κ2) is 3.96. The highest BCUT2D eigenvalue weighted by molar-refractivity contribution is 5.85. The molecule has 0 bridgehead atoms. The van der Waals surface area contributed by atoms with Crippen molar-refractivity contribution in [2.24, 2.45) is 0 Å². The molecule has 3 nitrogen and oxygen atoms in total. The van der Waals surface area contributed by atoms with E-state index >= 15 is 0 Å². The molecular formula is C9H10ClN3. The highest BCUT2D eigenvalue weighted by Gasteiger charge is 2.00. The molecule has 1 aromatic heterocycles. The van der Waals surface area contributed by atoms with Gasteiger partial charge in [0.1, 0.15) is 0 Å². The number of hydrogen-bond donors (Lipinski definition) is 2. The van der Waals surface area contributed by atoms with Crippen LogP contribution in [0.5, 0.6) is 0 Å². The summed E-state index contributed by atoms with van der Waals surface area (Å²) in [5.41, 5.74) is 8.48. The molecule has 0 aliphatic heterocycles. The van der Waals surface area contributed by atoms with Gasteiger partial charge in [-0.3, -0.25) is 5.10 Å². The lowest BCUT2D eigenvalue weighted by Gasteiger charge is -2.00. The lowest BCUT2D eigenvalue weighted by molar-refractivity contribution is 1.10. The van der Waals surface area contributed by atoms with Gasteiger partial charge in [-0.15, -0.1) is 12.4 Å². The van der Waals surface area contributed by atoms with Gasteiger partial charge in [0.2, 0.25) is 0 Å². The van der Waals surface area contributed by atoms with Crippen molar-refractivity contribution < 1.29 is 0 Å². The lowest BCUT2D eigenvalue weighted by atomic mass is 10.1. The minimum absolute atomic E-state index is 0. The first-order chi connectivity index (χ1) is 5.88. The smallest absolute Gasteiger partial charge is 0.0670 e. The molecule has 0 unspecified atom stereocenters. The number of nitrogens with one attached hydrogen (secondary N) is 1. The van der Waals surface area contributed by atoms with E-state index in [9.17, 15) is 0 Å². The fourth-order valence-electron chi connectivity index (χ4n) is 1.15. The van der Waals surface area contributed by atoms with E-state index in [1.807, 2.05) is 30.3 Å². The summed E-state index contributed by atoms with van der Waals surface area (Å²) in [4.78, 5) is 0. The first-order valence-electron chi connectivity index (χ1n) is 3.72. The van der Waals surface area contributed by atoms with Crippen LogP contribution < -0.4 is 5.73 Å². The molecular weight excluding hydrogens is 186 g/mol. The van der Waals surface area contributed by atoms with Gasteiger partial charge in [0.15, 0.2) is 0 Å². The quantitative estimate of drug-likeness (QED) is 0.685. The largest absolute Gasteiger partial charge is 0.398 e. The number of H-pyrrole nitrogens is 1. The zero-order valence-electron chi connectivity index (χ0n) is 6.90. The summed E-state index contributed by atoms with van der Waals surface area (Å²) in [5.74, 6) is 0. The molecule has 4 heteroatoms. The number of aromatic amines is 1. The third-order valence-corrected chi connectivity index (χ3v) is 1.75. The van der Waals surface area contributed by atoms with E-state index in [4.69, 9.17) is 5.73 Å². The summed E-state index contributed by atoms with van der Waals surface area (Å²) in [6, 6.07) is 9.59. The number of halogens is 1. The summed E-state index contributed by atoms with van der Waals surface area (Å²) in [6.07, 6.45) is 1.71. The molecule has 0 saturated heterocycles. The fraction of sp³-hybridized carbons (Fsp3) is 0. The average molecular weight is 196 g/mol. The number of para-hydroxylation sites is 1. The Labute approximate surface area is 82.4 Å². The molecule has 0 aliphatic carbocycles. The van der Waals surface area contributed by atoms with Gasteiger partial charge in [-0.2, -0.15) is 5.10 Å². The van der Waals surface area contributed by atoms with Crippen LogP contribution in [-0.4, -0.2) is 10.2 Å². The maximum Gasteiger partial charge on any atom is 0.0670 e. The van der Waals surface area contributed by atoms with E-state index < -0.39 is 0 Å². The number of benzene rings is 1. The Bertz CT molecular complexity index is 370. The third-order valence-electron chi connectivity index (χ3n) is 1.75. The van der Waals surface area contributed by atoms with Crippen LogP contribution in [0.15, 0.2) is 36.5 Å². The van der Waals surface area contributed by atoms with E-state index in [-0.39, 0.29) is 12.4 Å². The van der Waals surface area contributed by atoms with Crippen LogP contribution >= 0.6 is 12.4 Å². The molecule has 0 fully saturated rings. The molecule has 0 spiro atoms. The van der Waals surface area contributed by atoms with Crippen molar-refractivity contribution in [3.05, 3.63) is 36.5 Å². The van der Waals surface area contributed by atoms with Crippen LogP contribution in [0.25, 0.3) is 11.3 Å². The van der Waals surface area contributed by atoms with E-state index in [0.29, 0.717) is 0 Å². The summed E-state index contributed by atoms with van der Waals surface area (Å²) >= 11 is 0. The number of aromatic nitrogens is 2. The Morgan fingerprint density at radius 2 is 1.92 bits per heavy atom. The zero-order chi connectivity index (χ0) is 8.39. The van der Waals surface area contributed by atoms with Crippen LogP contribution in [0, 0.1) is 0 Å². The Balaban J connectivity index is 0.000000845. The second-order valence-corrected chi connectivity index (χ2v) is 2.56. The minimum Gasteiger partial charge on any atom is -0.398 e. The monoisotopic (exact) mass is 195 g/mol. The maximum absolute atomic E-state index is 5.76. The molecule has 0 saturated carbocycles. The van der Waals surface area contributed by atoms with Gasteiger partial charge < -0.3 is 5.73 Å². The van der Waals surface area contributed by atoms with Crippen LogP contribution in [0.2, 0.25) is 0 Å². The summed E-state index contributed by atoms with van der Waals surface area (Å²) in [6.45, 7) is 0. The van der Waals surface area contributed by atoms with E-state index in [2.05, 4.69) is 10.2 Å². The topological polar surface area (TPSA) is 54.7 Å². The Morgan fingerprint density at radius 1 is 1.15 bits per heavy atom. The molecule has 0 atom stereocenters. The minimum atomic E-state index is 0. The molecule has 68 valence electrons. The van der Waals surface area contributed by atoms with Crippen molar-refractivity contribution in [1.82, 2.24) is 10.2 Å². The van der Waals surface area contributed by atoms with E-state index in [1.54, 1.807) is 6.20 Å². The molecule has 1 heterocycles. The Hall–Kier alpha value is -1.48. The SMILES string of the molecule is Cl.Nc1ccccc1-c1ccn[nH]1. The highest BCUT2D eigenvalue weighted by Crippen LogP contribution is 2.22. The molecule has 3 N–H and O–H groups in total. The van der Waals surface area contributed by atoms with Crippen LogP contribution in [-0.2, 0) is 0 Å². The summed E-state index contributed by atoms with van der Waals surface area (Å²) in [7, 11) is 0. The van der Waals surface area contributed by atoms with Crippen molar-refractivity contribution in [1.29, 1.82) is 0 Å². The molecule has 0 amide bonds. The predicted molar refractivity (Wildman–Crippen MR) is 55.7 cm³/mol. The average Bonchev–Trinajstić information content (AvgIpc) is 2.57. The molecule has 0 aliphatic rings. The molecule has 13 heavy (non-hydrogen) atoms. The third kappa shape index (κ3) is 1.81. The van der Waals surface area contributed by atoms with Gasteiger partial charge >= 0.3 is 0 Å². The standard InChI is InChI=1S/C9H9N3.ClH/c10-8-4-2-1-3-7(8)9-5-6-11-12-9;/h1-6H,10H2,(H,11,12);1H. The van der Waals surface area contributed by atoms with E-state index in [1.165, 1.54) is 0 Å². The van der Waals surface area contributed by atoms with Crippen molar-refractivity contribution in [3.63, 3.8) is 0 Å². The van der Waals surface area contributed by atoms with Crippen LogP contribution in [0.4, 0.5) is 5.69 Å². The van der Waals surface area contributed by atoms with Crippen molar-refractivity contribution >= 4 is 18.1 Å². The molecule has 2 aromatic rings. The number of nitrogens with zero attached hydrogens (tertiary/aromatic N) is 1.